The van der Waals surface area contributed by atoms with Gasteiger partial charge in [-0.15, -0.1) is 0 Å². The van der Waals surface area contributed by atoms with E-state index in [0.29, 0.717) is 0 Å². The lowest BCUT2D eigenvalue weighted by Gasteiger charge is -2.57. The van der Waals surface area contributed by atoms with Gasteiger partial charge in [-0.05, 0) is 333 Å². The summed E-state index contributed by atoms with van der Waals surface area (Å²) in [5.41, 5.74) is 14.8. The summed E-state index contributed by atoms with van der Waals surface area (Å²) >= 11 is 0. The average molecular weight is 1010 g/mol. The molecule has 1 heterocycles. The molecule has 82 heavy (non-hydrogen) atoms. The standard InChI is InChI=1S/C80H18N2/c1-13-3-7-15(8-4-13)77-17-11-79-73-65-57-47-37-29-21-19-20-23-27-25(21)33-41-35(27)45-39-31(23)32-24(20)28-26-22(19)30(29)38-44-34(26)42-36(28)46-40(32)50-49(39)59-53(45)63-55(41)61(51(57)43(33)37)67(73)71(63)75-69(59)70-60(50)54(46)64-56(42)62-52(44)58(48(38)47)66(65)74(79)68(62)72(64)76(70)80(75,79)12-18(17)81-78(82-77)16-9-5-14(2)6-10-16/h3-10H,11-12H2,1-2H3. The van der Waals surface area contributed by atoms with Crippen molar-refractivity contribution in [3.05, 3.63) is 93.2 Å². The molecule has 348 valence electrons. The molecule has 2 nitrogen and oxygen atoms in total. The van der Waals surface area contributed by atoms with Gasteiger partial charge in [-0.2, -0.15) is 0 Å². The smallest absolute Gasteiger partial charge is 0.160 e. The maximum Gasteiger partial charge on any atom is 0.160 e. The van der Waals surface area contributed by atoms with E-state index in [-0.39, 0.29) is 5.41 Å². The minimum absolute atomic E-state index is 0.389. The monoisotopic (exact) mass is 1010 g/mol. The predicted molar refractivity (Wildman–Crippen MR) is 344 cm³/mol. The second kappa shape index (κ2) is 7.74. The van der Waals surface area contributed by atoms with Crippen LogP contribution in [0.1, 0.15) is 44.6 Å². The molecule has 0 bridgehead atoms. The van der Waals surface area contributed by atoms with Crippen LogP contribution in [0.3, 0.4) is 0 Å². The number of hydrogen-bond acceptors (Lipinski definition) is 2. The highest BCUT2D eigenvalue weighted by Gasteiger charge is 2.71. The fourth-order valence-corrected chi connectivity index (χ4v) is 27.4. The van der Waals surface area contributed by atoms with Crippen LogP contribution in [0.25, 0.3) is 314 Å². The Balaban J connectivity index is 0.992. The highest BCUT2D eigenvalue weighted by Crippen LogP contribution is 2.85. The van der Waals surface area contributed by atoms with Gasteiger partial charge in [-0.1, -0.05) is 59.7 Å². The van der Waals surface area contributed by atoms with E-state index >= 15 is 0 Å². The molecule has 1 aromatic heterocycles. The summed E-state index contributed by atoms with van der Waals surface area (Å²) in [6, 6.07) is 18.5. The number of aryl methyl sites for hydroxylation is 2. The Bertz CT molecular complexity index is 8100. The van der Waals surface area contributed by atoms with Crippen molar-refractivity contribution in [2.75, 3.05) is 0 Å². The fourth-order valence-electron chi connectivity index (χ4n) is 27.4. The molecule has 5 aliphatic rings. The third-order valence-electron chi connectivity index (χ3n) is 28.3. The summed E-state index contributed by atoms with van der Waals surface area (Å²) < 4.78 is 0. The summed E-state index contributed by atoms with van der Waals surface area (Å²) in [6.45, 7) is 4.44. The quantitative estimate of drug-likeness (QED) is 0.161. The van der Waals surface area contributed by atoms with Crippen LogP contribution >= 0.6 is 0 Å². The molecule has 0 unspecified atom stereocenters. The van der Waals surface area contributed by atoms with Gasteiger partial charge in [-0.25, -0.2) is 9.97 Å². The van der Waals surface area contributed by atoms with E-state index in [1.807, 2.05) is 0 Å². The first-order chi connectivity index (χ1) is 40.6. The molecule has 0 N–H and O–H groups in total. The van der Waals surface area contributed by atoms with Crippen molar-refractivity contribution >= 4 is 291 Å². The summed E-state index contributed by atoms with van der Waals surface area (Å²) in [5.74, 6) is 0.870. The van der Waals surface area contributed by atoms with Crippen LogP contribution in [0.15, 0.2) is 48.5 Å². The van der Waals surface area contributed by atoms with Crippen LogP contribution in [-0.4, -0.2) is 9.97 Å². The molecule has 2 heteroatoms. The zero-order valence-corrected chi connectivity index (χ0v) is 42.9. The van der Waals surface area contributed by atoms with Gasteiger partial charge in [-0.3, -0.25) is 0 Å². The maximum atomic E-state index is 6.11. The molecule has 31 aromatic rings. The minimum Gasteiger partial charge on any atom is -0.233 e. The van der Waals surface area contributed by atoms with Gasteiger partial charge in [0.25, 0.3) is 0 Å². The number of rotatable bonds is 2. The lowest BCUT2D eigenvalue weighted by molar-refractivity contribution is 0.294. The Morgan fingerprint density at radius 2 is 0.439 bits per heavy atom. The molecule has 30 aromatic carbocycles. The zero-order chi connectivity index (χ0) is 49.6. The van der Waals surface area contributed by atoms with Gasteiger partial charge < -0.3 is 0 Å². The Morgan fingerprint density at radius 1 is 0.232 bits per heavy atom. The molecule has 0 saturated carbocycles. The predicted octanol–water partition coefficient (Wildman–Crippen LogP) is 20.8. The van der Waals surface area contributed by atoms with Gasteiger partial charge in [0.05, 0.1) is 5.69 Å². The van der Waals surface area contributed by atoms with E-state index < -0.39 is 5.41 Å². The van der Waals surface area contributed by atoms with Gasteiger partial charge in [0.1, 0.15) is 0 Å². The van der Waals surface area contributed by atoms with Crippen LogP contribution in [0.2, 0.25) is 0 Å². The summed E-state index contributed by atoms with van der Waals surface area (Å²) in [6.07, 6.45) is 1.77. The van der Waals surface area contributed by atoms with Crippen LogP contribution in [0.5, 0.6) is 0 Å². The number of fused-ring (bicyclic) bond motifs is 1. The van der Waals surface area contributed by atoms with Gasteiger partial charge in [0.15, 0.2) is 5.82 Å². The lowest BCUT2D eigenvalue weighted by Crippen LogP contribution is -2.57. The number of benzene rings is 20. The fraction of sp³-hybridized carbons (Fsp3) is 0.0750. The zero-order valence-electron chi connectivity index (χ0n) is 42.9. The maximum absolute atomic E-state index is 6.11. The minimum atomic E-state index is -0.394. The Hall–Kier alpha value is -10.0. The Morgan fingerprint density at radius 3 is 0.683 bits per heavy atom. The van der Waals surface area contributed by atoms with E-state index in [1.54, 1.807) is 313 Å². The van der Waals surface area contributed by atoms with Crippen molar-refractivity contribution in [1.82, 2.24) is 9.97 Å². The molecule has 0 amide bonds. The second-order valence-electron chi connectivity index (χ2n) is 29.5. The number of nitrogens with zero attached hydrogens (tertiary/aromatic N) is 2. The van der Waals surface area contributed by atoms with Crippen molar-refractivity contribution in [3.8, 4) is 22.6 Å². The number of hydrogen-bond donors (Lipinski definition) is 0. The van der Waals surface area contributed by atoms with Crippen molar-refractivity contribution in [2.45, 2.75) is 37.5 Å². The van der Waals surface area contributed by atoms with Crippen LogP contribution in [0, 0.1) is 13.8 Å². The SMILES string of the molecule is Cc1ccc(-c2nc3c(c(-c4ccc(C)cc4)n2)CC24c5c6c7c8c9c%10c(c%11c%12c2c2c5c5c%13c6c6c7c7c9c9c%14c%10c%10c%11c%11c%12c%12c2c2c5c5c%13c%13c6c6c7c9c7c9c%14c%10c%10c%11c%11c%12c2c2c5c5c%13c6c7c6c9c%10c%11c2c56)C84C3)cc1. The number of aromatic nitrogens is 2. The third-order valence-corrected chi connectivity index (χ3v) is 28.3. The lowest BCUT2D eigenvalue weighted by atomic mass is 9.43. The molecular weight excluding hydrogens is 989 g/mol. The Kier molecular flexibility index (Phi) is 3.05. The largest absolute Gasteiger partial charge is 0.233 e. The van der Waals surface area contributed by atoms with E-state index in [0.717, 1.165) is 29.9 Å². The molecule has 0 aliphatic heterocycles. The van der Waals surface area contributed by atoms with E-state index in [2.05, 4.69) is 62.4 Å². The first-order valence-corrected chi connectivity index (χ1v) is 30.5. The normalized spacial score (nSPS) is 20.8. The Labute approximate surface area is 451 Å². The topological polar surface area (TPSA) is 25.8 Å². The summed E-state index contributed by atoms with van der Waals surface area (Å²) in [5, 5.41) is 89.1. The third kappa shape index (κ3) is 1.92. The van der Waals surface area contributed by atoms with Crippen LogP contribution < -0.4 is 0 Å². The molecule has 0 saturated heterocycles. The van der Waals surface area contributed by atoms with Crippen molar-refractivity contribution in [2.24, 2.45) is 0 Å². The first kappa shape index (κ1) is 32.3. The summed E-state index contributed by atoms with van der Waals surface area (Å²) in [7, 11) is 0. The molecule has 0 fully saturated rings. The van der Waals surface area contributed by atoms with Crippen molar-refractivity contribution in [1.29, 1.82) is 0 Å². The molecule has 5 aliphatic carbocycles. The van der Waals surface area contributed by atoms with Crippen molar-refractivity contribution in [3.63, 3.8) is 0 Å². The molecule has 0 radical (unpaired) electrons. The van der Waals surface area contributed by atoms with Crippen molar-refractivity contribution < 1.29 is 0 Å². The average Bonchev–Trinajstić information content (AvgIpc) is 1.48. The highest BCUT2D eigenvalue weighted by molar-refractivity contribution is 6.82. The highest BCUT2D eigenvalue weighted by atomic mass is 14.9. The van der Waals surface area contributed by atoms with E-state index in [1.165, 1.54) is 27.9 Å². The molecular formula is C80H18N2. The second-order valence-corrected chi connectivity index (χ2v) is 29.5. The molecule has 36 rings (SSSR count). The molecule has 0 atom stereocenters. The van der Waals surface area contributed by atoms with E-state index in [9.17, 15) is 0 Å². The van der Waals surface area contributed by atoms with Crippen LogP contribution in [0.4, 0.5) is 0 Å². The van der Waals surface area contributed by atoms with Gasteiger partial charge >= 0.3 is 0 Å². The summed E-state index contributed by atoms with van der Waals surface area (Å²) in [4.78, 5) is 12.0. The first-order valence-electron chi connectivity index (χ1n) is 30.5. The van der Waals surface area contributed by atoms with Gasteiger partial charge in [0.2, 0.25) is 0 Å². The van der Waals surface area contributed by atoms with Gasteiger partial charge in [0, 0.05) is 39.6 Å². The van der Waals surface area contributed by atoms with E-state index in [4.69, 9.17) is 9.97 Å². The van der Waals surface area contributed by atoms with Crippen LogP contribution in [-0.2, 0) is 23.7 Å². The molecule has 2 spiro atoms.